The fourth-order valence-corrected chi connectivity index (χ4v) is 3.25. The molecule has 5 aromatic rings. The number of rotatable bonds is 2. The van der Waals surface area contributed by atoms with Crippen molar-refractivity contribution in [2.75, 3.05) is 0 Å². The molecule has 0 fully saturated rings. The Bertz CT molecular complexity index is 1080. The molecule has 0 saturated heterocycles. The summed E-state index contributed by atoms with van der Waals surface area (Å²) in [6, 6.07) is 27.9. The molecule has 3 aromatic carbocycles. The van der Waals surface area contributed by atoms with Crippen LogP contribution in [-0.2, 0) is 0 Å². The van der Waals surface area contributed by atoms with Crippen molar-refractivity contribution >= 4 is 21.9 Å². The van der Waals surface area contributed by atoms with E-state index in [1.807, 2.05) is 54.9 Å². The first-order valence-electron chi connectivity index (χ1n) is 8.22. The van der Waals surface area contributed by atoms with Crippen LogP contribution in [0.15, 0.2) is 89.6 Å². The van der Waals surface area contributed by atoms with Crippen LogP contribution in [0.2, 0.25) is 0 Å². The van der Waals surface area contributed by atoms with E-state index in [1.54, 1.807) is 0 Å². The molecule has 1 radical (unpaired) electrons. The van der Waals surface area contributed by atoms with Crippen molar-refractivity contribution in [2.24, 2.45) is 0 Å². The second-order valence-corrected chi connectivity index (χ2v) is 6.05. The maximum Gasteiger partial charge on any atom is 0.135 e. The van der Waals surface area contributed by atoms with Crippen LogP contribution in [0.5, 0.6) is 0 Å². The highest BCUT2D eigenvalue weighted by Crippen LogP contribution is 2.34. The second-order valence-electron chi connectivity index (χ2n) is 6.05. The van der Waals surface area contributed by atoms with Crippen molar-refractivity contribution in [3.8, 4) is 22.3 Å². The molecule has 117 valence electrons. The van der Waals surface area contributed by atoms with Crippen molar-refractivity contribution in [3.05, 3.63) is 91.3 Å². The van der Waals surface area contributed by atoms with Gasteiger partial charge in [-0.25, -0.2) is 0 Å². The normalized spacial score (nSPS) is 11.2. The second kappa shape index (κ2) is 5.60. The van der Waals surface area contributed by atoms with E-state index in [2.05, 4.69) is 41.4 Å². The van der Waals surface area contributed by atoms with E-state index in [0.717, 1.165) is 38.6 Å². The number of hydrogen-bond donors (Lipinski definition) is 0. The fraction of sp³-hybridized carbons (Fsp3) is 0. The summed E-state index contributed by atoms with van der Waals surface area (Å²) in [6.45, 7) is 0. The average Bonchev–Trinajstić information content (AvgIpc) is 3.06. The zero-order valence-corrected chi connectivity index (χ0v) is 13.4. The van der Waals surface area contributed by atoms with E-state index < -0.39 is 0 Å². The Labute approximate surface area is 145 Å². The van der Waals surface area contributed by atoms with E-state index >= 15 is 0 Å². The van der Waals surface area contributed by atoms with Crippen LogP contribution >= 0.6 is 0 Å². The molecule has 0 spiro atoms. The number of nitrogens with zero attached hydrogens (tertiary/aromatic N) is 1. The van der Waals surface area contributed by atoms with Crippen LogP contribution in [0.1, 0.15) is 0 Å². The Hall–Kier alpha value is -3.39. The lowest BCUT2D eigenvalue weighted by Gasteiger charge is -2.02. The molecule has 0 aliphatic carbocycles. The SMILES string of the molecule is [c]1cccc(-c2ccc3oc4ccc(-c5ccncc5)cc4c3c2)c1. The predicted octanol–water partition coefficient (Wildman–Crippen LogP) is 6.12. The summed E-state index contributed by atoms with van der Waals surface area (Å²) in [5.41, 5.74) is 6.46. The standard InChI is InChI=1S/C23H14NO/c1-2-4-16(5-3-1)18-6-8-22-20(14-18)21-15-19(7-9-23(21)25-22)17-10-12-24-13-11-17/h1-2,4-15H. The Morgan fingerprint density at radius 2 is 1.36 bits per heavy atom. The van der Waals surface area contributed by atoms with Gasteiger partial charge in [0, 0.05) is 23.2 Å². The molecule has 2 aromatic heterocycles. The minimum absolute atomic E-state index is 0.907. The Morgan fingerprint density at radius 1 is 0.680 bits per heavy atom. The Morgan fingerprint density at radius 3 is 2.00 bits per heavy atom. The summed E-state index contributed by atoms with van der Waals surface area (Å²) in [5, 5.41) is 2.26. The molecule has 25 heavy (non-hydrogen) atoms. The molecule has 0 unspecified atom stereocenters. The van der Waals surface area contributed by atoms with Gasteiger partial charge in [0.05, 0.1) is 0 Å². The topological polar surface area (TPSA) is 26.0 Å². The van der Waals surface area contributed by atoms with Gasteiger partial charge in [0.1, 0.15) is 11.2 Å². The zero-order valence-electron chi connectivity index (χ0n) is 13.4. The van der Waals surface area contributed by atoms with Gasteiger partial charge in [0.2, 0.25) is 0 Å². The lowest BCUT2D eigenvalue weighted by molar-refractivity contribution is 0.669. The number of hydrogen-bond acceptors (Lipinski definition) is 2. The minimum atomic E-state index is 0.907. The molecule has 0 saturated carbocycles. The van der Waals surface area contributed by atoms with Crippen LogP contribution in [0.3, 0.4) is 0 Å². The average molecular weight is 320 g/mol. The summed E-state index contributed by atoms with van der Waals surface area (Å²) in [6.07, 6.45) is 3.63. The van der Waals surface area contributed by atoms with Gasteiger partial charge in [-0.1, -0.05) is 30.3 Å². The maximum absolute atomic E-state index is 6.01. The molecule has 0 aliphatic heterocycles. The first-order chi connectivity index (χ1) is 12.4. The zero-order chi connectivity index (χ0) is 16.6. The van der Waals surface area contributed by atoms with Crippen LogP contribution in [-0.4, -0.2) is 4.98 Å². The third-order valence-electron chi connectivity index (χ3n) is 4.52. The highest BCUT2D eigenvalue weighted by Gasteiger charge is 2.10. The van der Waals surface area contributed by atoms with Crippen LogP contribution in [0.4, 0.5) is 0 Å². The molecule has 0 bridgehead atoms. The number of pyridine rings is 1. The molecular formula is C23H14NO. The summed E-state index contributed by atoms with van der Waals surface area (Å²) in [7, 11) is 0. The van der Waals surface area contributed by atoms with Gasteiger partial charge in [-0.05, 0) is 70.8 Å². The van der Waals surface area contributed by atoms with Crippen molar-refractivity contribution in [3.63, 3.8) is 0 Å². The van der Waals surface area contributed by atoms with Gasteiger partial charge in [0.15, 0.2) is 0 Å². The van der Waals surface area contributed by atoms with E-state index in [9.17, 15) is 0 Å². The van der Waals surface area contributed by atoms with E-state index in [-0.39, 0.29) is 0 Å². The molecule has 2 heteroatoms. The Kier molecular flexibility index (Phi) is 3.14. The van der Waals surface area contributed by atoms with Gasteiger partial charge >= 0.3 is 0 Å². The number of fused-ring (bicyclic) bond motifs is 3. The number of furan rings is 1. The van der Waals surface area contributed by atoms with Gasteiger partial charge in [-0.2, -0.15) is 0 Å². The van der Waals surface area contributed by atoms with Crippen LogP contribution in [0, 0.1) is 6.07 Å². The van der Waals surface area contributed by atoms with Gasteiger partial charge < -0.3 is 4.42 Å². The summed E-state index contributed by atoms with van der Waals surface area (Å²) in [5.74, 6) is 0. The molecular weight excluding hydrogens is 306 g/mol. The van der Waals surface area contributed by atoms with E-state index in [4.69, 9.17) is 4.42 Å². The third-order valence-corrected chi connectivity index (χ3v) is 4.52. The van der Waals surface area contributed by atoms with Crippen molar-refractivity contribution in [1.82, 2.24) is 4.98 Å². The molecule has 2 nitrogen and oxygen atoms in total. The first-order valence-corrected chi connectivity index (χ1v) is 8.22. The van der Waals surface area contributed by atoms with Crippen molar-refractivity contribution in [1.29, 1.82) is 0 Å². The third kappa shape index (κ3) is 2.39. The predicted molar refractivity (Wildman–Crippen MR) is 101 cm³/mol. The first kappa shape index (κ1) is 14.0. The molecule has 0 atom stereocenters. The van der Waals surface area contributed by atoms with E-state index in [0.29, 0.717) is 0 Å². The van der Waals surface area contributed by atoms with Crippen molar-refractivity contribution in [2.45, 2.75) is 0 Å². The summed E-state index contributed by atoms with van der Waals surface area (Å²) in [4.78, 5) is 4.10. The highest BCUT2D eigenvalue weighted by molar-refractivity contribution is 6.07. The highest BCUT2D eigenvalue weighted by atomic mass is 16.3. The maximum atomic E-state index is 6.01. The lowest BCUT2D eigenvalue weighted by Crippen LogP contribution is -1.79. The molecule has 0 aliphatic rings. The van der Waals surface area contributed by atoms with E-state index in [1.165, 1.54) is 5.56 Å². The monoisotopic (exact) mass is 320 g/mol. The van der Waals surface area contributed by atoms with Gasteiger partial charge in [0.25, 0.3) is 0 Å². The summed E-state index contributed by atoms with van der Waals surface area (Å²) < 4.78 is 6.01. The smallest absolute Gasteiger partial charge is 0.135 e. The van der Waals surface area contributed by atoms with Crippen molar-refractivity contribution < 1.29 is 4.42 Å². The molecule has 2 heterocycles. The van der Waals surface area contributed by atoms with Gasteiger partial charge in [-0.15, -0.1) is 0 Å². The summed E-state index contributed by atoms with van der Waals surface area (Å²) >= 11 is 0. The quantitative estimate of drug-likeness (QED) is 0.392. The largest absolute Gasteiger partial charge is 0.456 e. The van der Waals surface area contributed by atoms with Gasteiger partial charge in [-0.3, -0.25) is 4.98 Å². The number of benzene rings is 3. The number of aromatic nitrogens is 1. The molecule has 5 rings (SSSR count). The lowest BCUT2D eigenvalue weighted by atomic mass is 10.0. The fourth-order valence-electron chi connectivity index (χ4n) is 3.25. The van der Waals surface area contributed by atoms with Crippen LogP contribution < -0.4 is 0 Å². The minimum Gasteiger partial charge on any atom is -0.456 e. The molecule has 0 N–H and O–H groups in total. The molecule has 0 amide bonds. The van der Waals surface area contributed by atoms with Crippen LogP contribution in [0.25, 0.3) is 44.2 Å². The Balaban J connectivity index is 1.73.